The number of pyridine rings is 1. The zero-order valence-corrected chi connectivity index (χ0v) is 11.6. The number of imidazole rings is 1. The molecule has 0 spiro atoms. The number of hydrogen-bond donors (Lipinski definition) is 1. The predicted octanol–water partition coefficient (Wildman–Crippen LogP) is 4.00. The maximum Gasteiger partial charge on any atom is 0.145 e. The van der Waals surface area contributed by atoms with E-state index in [0.29, 0.717) is 10.7 Å². The van der Waals surface area contributed by atoms with E-state index in [1.165, 1.54) is 0 Å². The normalized spacial score (nSPS) is 11.0. The van der Waals surface area contributed by atoms with Crippen molar-refractivity contribution in [1.29, 1.82) is 0 Å². The Hall–Kier alpha value is -1.52. The van der Waals surface area contributed by atoms with Crippen molar-refractivity contribution in [1.82, 2.24) is 9.38 Å². The molecule has 18 heavy (non-hydrogen) atoms. The zero-order chi connectivity index (χ0) is 12.7. The van der Waals surface area contributed by atoms with Crippen LogP contribution in [-0.2, 0) is 0 Å². The van der Waals surface area contributed by atoms with E-state index in [9.17, 15) is 0 Å². The van der Waals surface area contributed by atoms with E-state index in [2.05, 4.69) is 20.9 Å². The average molecular weight is 323 g/mol. The van der Waals surface area contributed by atoms with Crippen molar-refractivity contribution in [2.45, 2.75) is 0 Å². The molecule has 3 aromatic rings. The van der Waals surface area contributed by atoms with Gasteiger partial charge in [-0.15, -0.1) is 0 Å². The number of hydrogen-bond acceptors (Lipinski definition) is 2. The fraction of sp³-hybridized carbons (Fsp3) is 0. The highest BCUT2D eigenvalue weighted by Gasteiger charge is 2.10. The molecule has 3 nitrogen and oxygen atoms in total. The fourth-order valence-electron chi connectivity index (χ4n) is 1.87. The highest BCUT2D eigenvalue weighted by molar-refractivity contribution is 9.10. The first-order chi connectivity index (χ1) is 8.65. The molecular formula is C13H9BrClN3. The van der Waals surface area contributed by atoms with E-state index in [1.54, 1.807) is 0 Å². The maximum atomic E-state index is 5.89. The number of nitrogens with zero attached hydrogens (tertiary/aromatic N) is 2. The van der Waals surface area contributed by atoms with Crippen LogP contribution in [0.3, 0.4) is 0 Å². The number of halogens is 2. The first kappa shape index (κ1) is 11.6. The second-order valence-corrected chi connectivity index (χ2v) is 5.14. The van der Waals surface area contributed by atoms with E-state index in [0.717, 1.165) is 21.5 Å². The van der Waals surface area contributed by atoms with E-state index in [4.69, 9.17) is 17.3 Å². The molecular weight excluding hydrogens is 314 g/mol. The summed E-state index contributed by atoms with van der Waals surface area (Å²) in [7, 11) is 0. The number of benzene rings is 1. The molecule has 0 bridgehead atoms. The lowest BCUT2D eigenvalue weighted by Crippen LogP contribution is -1.91. The van der Waals surface area contributed by atoms with Gasteiger partial charge in [-0.25, -0.2) is 4.98 Å². The van der Waals surface area contributed by atoms with Gasteiger partial charge in [-0.1, -0.05) is 11.6 Å². The summed E-state index contributed by atoms with van der Waals surface area (Å²) in [6.45, 7) is 0. The molecule has 2 aromatic heterocycles. The lowest BCUT2D eigenvalue weighted by atomic mass is 10.2. The Morgan fingerprint density at radius 3 is 2.61 bits per heavy atom. The molecule has 0 saturated heterocycles. The first-order valence-electron chi connectivity index (χ1n) is 5.34. The largest absolute Gasteiger partial charge is 0.399 e. The predicted molar refractivity (Wildman–Crippen MR) is 77.8 cm³/mol. The van der Waals surface area contributed by atoms with Crippen molar-refractivity contribution in [2.24, 2.45) is 0 Å². The van der Waals surface area contributed by atoms with Crippen LogP contribution in [0.25, 0.3) is 16.9 Å². The van der Waals surface area contributed by atoms with Crippen LogP contribution in [0.2, 0.25) is 5.02 Å². The smallest absolute Gasteiger partial charge is 0.145 e. The van der Waals surface area contributed by atoms with Crippen LogP contribution in [0.15, 0.2) is 47.2 Å². The topological polar surface area (TPSA) is 43.3 Å². The molecule has 90 valence electrons. The van der Waals surface area contributed by atoms with Gasteiger partial charge in [0.05, 0.1) is 5.52 Å². The van der Waals surface area contributed by atoms with Gasteiger partial charge in [-0.3, -0.25) is 4.40 Å². The fourth-order valence-corrected chi connectivity index (χ4v) is 2.47. The molecule has 5 heteroatoms. The van der Waals surface area contributed by atoms with E-state index < -0.39 is 0 Å². The van der Waals surface area contributed by atoms with E-state index in [1.807, 2.05) is 47.0 Å². The summed E-state index contributed by atoms with van der Waals surface area (Å²) in [5.41, 5.74) is 8.44. The Bertz CT molecular complexity index is 719. The van der Waals surface area contributed by atoms with Gasteiger partial charge in [0, 0.05) is 22.5 Å². The molecule has 0 aliphatic heterocycles. The molecule has 0 aliphatic rings. The summed E-state index contributed by atoms with van der Waals surface area (Å²) in [6.07, 6.45) is 1.91. The van der Waals surface area contributed by atoms with Gasteiger partial charge in [0.15, 0.2) is 0 Å². The van der Waals surface area contributed by atoms with Crippen molar-refractivity contribution in [3.63, 3.8) is 0 Å². The zero-order valence-electron chi connectivity index (χ0n) is 9.27. The highest BCUT2D eigenvalue weighted by Crippen LogP contribution is 2.27. The molecule has 1 aromatic carbocycles. The number of fused-ring (bicyclic) bond motifs is 1. The van der Waals surface area contributed by atoms with Crippen LogP contribution in [0.4, 0.5) is 5.69 Å². The number of aromatic nitrogens is 2. The Balaban J connectivity index is 2.26. The minimum Gasteiger partial charge on any atom is -0.399 e. The van der Waals surface area contributed by atoms with Gasteiger partial charge in [0.2, 0.25) is 0 Å². The van der Waals surface area contributed by atoms with Crippen LogP contribution in [0.1, 0.15) is 0 Å². The molecule has 2 heterocycles. The molecule has 0 amide bonds. The third-order valence-corrected chi connectivity index (χ3v) is 3.56. The van der Waals surface area contributed by atoms with Crippen LogP contribution < -0.4 is 5.73 Å². The molecule has 0 fully saturated rings. The van der Waals surface area contributed by atoms with Crippen molar-refractivity contribution >= 4 is 38.7 Å². The van der Waals surface area contributed by atoms with Gasteiger partial charge in [0.25, 0.3) is 0 Å². The minimum atomic E-state index is 0.711. The number of nitrogens with two attached hydrogens (primary N) is 1. The highest BCUT2D eigenvalue weighted by atomic mass is 79.9. The standard InChI is InChI=1S/C13H9BrClN3/c14-12-11-7-10(16)5-6-18(11)13(17-12)8-1-3-9(15)4-2-8/h1-7H,16H2. The van der Waals surface area contributed by atoms with E-state index in [-0.39, 0.29) is 0 Å². The monoisotopic (exact) mass is 321 g/mol. The van der Waals surface area contributed by atoms with Crippen molar-refractivity contribution < 1.29 is 0 Å². The first-order valence-corrected chi connectivity index (χ1v) is 6.51. The molecule has 3 rings (SSSR count). The summed E-state index contributed by atoms with van der Waals surface area (Å²) in [6, 6.07) is 11.3. The van der Waals surface area contributed by atoms with Gasteiger partial charge in [-0.2, -0.15) is 0 Å². The summed E-state index contributed by atoms with van der Waals surface area (Å²) in [5.74, 6) is 0.855. The molecule has 0 unspecified atom stereocenters. The maximum absolute atomic E-state index is 5.89. The summed E-state index contributed by atoms with van der Waals surface area (Å²) < 4.78 is 2.77. The second-order valence-electron chi connectivity index (χ2n) is 3.95. The Labute approximate surface area is 117 Å². The third kappa shape index (κ3) is 1.87. The van der Waals surface area contributed by atoms with Crippen molar-refractivity contribution in [3.8, 4) is 11.4 Å². The van der Waals surface area contributed by atoms with Crippen LogP contribution in [0, 0.1) is 0 Å². The van der Waals surface area contributed by atoms with Crippen molar-refractivity contribution in [2.75, 3.05) is 5.73 Å². The van der Waals surface area contributed by atoms with Crippen LogP contribution in [0.5, 0.6) is 0 Å². The molecule has 0 saturated carbocycles. The lowest BCUT2D eigenvalue weighted by molar-refractivity contribution is 1.16. The van der Waals surface area contributed by atoms with Crippen LogP contribution >= 0.6 is 27.5 Å². The average Bonchev–Trinajstić information content (AvgIpc) is 2.68. The summed E-state index contributed by atoms with van der Waals surface area (Å²) >= 11 is 9.34. The Morgan fingerprint density at radius 2 is 1.89 bits per heavy atom. The van der Waals surface area contributed by atoms with Gasteiger partial charge in [-0.05, 0) is 52.3 Å². The molecule has 0 aliphatic carbocycles. The third-order valence-electron chi connectivity index (χ3n) is 2.73. The second kappa shape index (κ2) is 4.30. The SMILES string of the molecule is Nc1ccn2c(-c3ccc(Cl)cc3)nc(Br)c2c1. The summed E-state index contributed by atoms with van der Waals surface area (Å²) in [4.78, 5) is 4.51. The minimum absolute atomic E-state index is 0.711. The molecule has 2 N–H and O–H groups in total. The Morgan fingerprint density at radius 1 is 1.17 bits per heavy atom. The number of anilines is 1. The van der Waals surface area contributed by atoms with Gasteiger partial charge in [0.1, 0.15) is 10.4 Å². The molecule has 0 atom stereocenters. The van der Waals surface area contributed by atoms with Gasteiger partial charge >= 0.3 is 0 Å². The quantitative estimate of drug-likeness (QED) is 0.736. The molecule has 0 radical (unpaired) electrons. The number of nitrogen functional groups attached to an aromatic ring is 1. The van der Waals surface area contributed by atoms with Crippen LogP contribution in [-0.4, -0.2) is 9.38 Å². The Kier molecular flexibility index (Phi) is 2.76. The van der Waals surface area contributed by atoms with Gasteiger partial charge < -0.3 is 5.73 Å². The van der Waals surface area contributed by atoms with E-state index >= 15 is 0 Å². The van der Waals surface area contributed by atoms with Crippen molar-refractivity contribution in [3.05, 3.63) is 52.2 Å². The lowest BCUT2D eigenvalue weighted by Gasteiger charge is -2.02. The number of rotatable bonds is 1. The summed E-state index contributed by atoms with van der Waals surface area (Å²) in [5, 5.41) is 0.711.